The highest BCUT2D eigenvalue weighted by Crippen LogP contribution is 2.24. The lowest BCUT2D eigenvalue weighted by atomic mass is 10.3. The Kier molecular flexibility index (Phi) is 3.00. The average Bonchev–Trinajstić information content (AvgIpc) is 2.08. The Morgan fingerprint density at radius 2 is 2.00 bits per heavy atom. The van der Waals surface area contributed by atoms with Crippen molar-refractivity contribution in [1.29, 1.82) is 0 Å². The minimum atomic E-state index is -3.04. The van der Waals surface area contributed by atoms with Crippen LogP contribution in [0, 0.1) is 5.82 Å². The van der Waals surface area contributed by atoms with Gasteiger partial charge in [0.25, 0.3) is 0 Å². The van der Waals surface area contributed by atoms with Crippen molar-refractivity contribution in [2.45, 2.75) is 6.61 Å². The molecule has 0 aliphatic rings. The summed E-state index contributed by atoms with van der Waals surface area (Å²) in [6.45, 7) is -3.04. The number of benzene rings is 1. The first kappa shape index (κ1) is 9.70. The van der Waals surface area contributed by atoms with Gasteiger partial charge in [0, 0.05) is 6.07 Å². The molecule has 13 heavy (non-hydrogen) atoms. The molecular weight excluding hydrogens is 185 g/mol. The van der Waals surface area contributed by atoms with E-state index in [9.17, 15) is 13.2 Å². The molecule has 0 unspecified atom stereocenters. The lowest BCUT2D eigenvalue weighted by Gasteiger charge is -2.06. The predicted molar refractivity (Wildman–Crippen MR) is 39.6 cm³/mol. The Bertz CT molecular complexity index is 289. The third-order valence-electron chi connectivity index (χ3n) is 1.35. The van der Waals surface area contributed by atoms with Gasteiger partial charge in [0.05, 0.1) is 7.11 Å². The lowest BCUT2D eigenvalue weighted by molar-refractivity contribution is -0.0522. The summed E-state index contributed by atoms with van der Waals surface area (Å²) in [4.78, 5) is 0. The number of methoxy groups -OCH3 is 1. The van der Waals surface area contributed by atoms with Crippen molar-refractivity contribution in [2.24, 2.45) is 0 Å². The molecule has 5 heteroatoms. The summed E-state index contributed by atoms with van der Waals surface area (Å²) in [5.74, 6) is -1.10. The molecule has 0 saturated heterocycles. The Morgan fingerprint density at radius 3 is 2.54 bits per heavy atom. The molecule has 1 aromatic rings. The van der Waals surface area contributed by atoms with Crippen LogP contribution in [0.1, 0.15) is 0 Å². The molecule has 0 spiro atoms. The van der Waals surface area contributed by atoms with Crippen molar-refractivity contribution < 1.29 is 22.6 Å². The highest BCUT2D eigenvalue weighted by atomic mass is 19.3. The predicted octanol–water partition coefficient (Wildman–Crippen LogP) is 2.44. The van der Waals surface area contributed by atoms with Gasteiger partial charge in [-0.15, -0.1) is 0 Å². The molecule has 1 aromatic carbocycles. The van der Waals surface area contributed by atoms with E-state index in [0.29, 0.717) is 0 Å². The number of alkyl halides is 2. The zero-order chi connectivity index (χ0) is 9.84. The van der Waals surface area contributed by atoms with E-state index in [1.807, 2.05) is 0 Å². The van der Waals surface area contributed by atoms with Gasteiger partial charge in [-0.3, -0.25) is 0 Å². The first-order valence-electron chi connectivity index (χ1n) is 3.42. The van der Waals surface area contributed by atoms with Crippen LogP contribution >= 0.6 is 0 Å². The first-order chi connectivity index (χ1) is 6.13. The van der Waals surface area contributed by atoms with Crippen molar-refractivity contribution in [3.8, 4) is 11.5 Å². The summed E-state index contributed by atoms with van der Waals surface area (Å²) < 4.78 is 44.8. The quantitative estimate of drug-likeness (QED) is 0.732. The van der Waals surface area contributed by atoms with E-state index in [1.165, 1.54) is 13.2 Å². The van der Waals surface area contributed by atoms with E-state index in [2.05, 4.69) is 4.74 Å². The van der Waals surface area contributed by atoms with Gasteiger partial charge in [0.2, 0.25) is 0 Å². The van der Waals surface area contributed by atoms with Crippen LogP contribution in [-0.2, 0) is 0 Å². The summed E-state index contributed by atoms with van der Waals surface area (Å²) in [7, 11) is 1.35. The average molecular weight is 192 g/mol. The van der Waals surface area contributed by atoms with E-state index in [1.54, 1.807) is 0 Å². The second-order valence-electron chi connectivity index (χ2n) is 2.17. The Labute approximate surface area is 72.9 Å². The lowest BCUT2D eigenvalue weighted by Crippen LogP contribution is -2.03. The van der Waals surface area contributed by atoms with E-state index < -0.39 is 18.2 Å². The smallest absolute Gasteiger partial charge is 0.387 e. The van der Waals surface area contributed by atoms with Crippen molar-refractivity contribution in [3.63, 3.8) is 0 Å². The van der Waals surface area contributed by atoms with Crippen LogP contribution in [0.3, 0.4) is 0 Å². The molecule has 0 heterocycles. The van der Waals surface area contributed by atoms with Gasteiger partial charge in [-0.2, -0.15) is 8.78 Å². The van der Waals surface area contributed by atoms with Crippen LogP contribution < -0.4 is 9.47 Å². The molecular formula is C8H7F3O2. The van der Waals surface area contributed by atoms with Crippen molar-refractivity contribution in [1.82, 2.24) is 0 Å². The van der Waals surface area contributed by atoms with Gasteiger partial charge in [-0.05, 0) is 12.1 Å². The van der Waals surface area contributed by atoms with Crippen molar-refractivity contribution >= 4 is 0 Å². The molecule has 0 amide bonds. The fourth-order valence-corrected chi connectivity index (χ4v) is 0.797. The maximum absolute atomic E-state index is 12.8. The molecule has 0 bridgehead atoms. The largest absolute Gasteiger partial charge is 0.497 e. The van der Waals surface area contributed by atoms with Crippen LogP contribution in [0.15, 0.2) is 18.2 Å². The van der Waals surface area contributed by atoms with Crippen molar-refractivity contribution in [2.75, 3.05) is 7.11 Å². The van der Waals surface area contributed by atoms with Crippen LogP contribution in [0.2, 0.25) is 0 Å². The second kappa shape index (κ2) is 4.02. The number of ether oxygens (including phenoxy) is 2. The normalized spacial score (nSPS) is 10.2. The number of hydrogen-bond acceptors (Lipinski definition) is 2. The van der Waals surface area contributed by atoms with Gasteiger partial charge in [-0.25, -0.2) is 4.39 Å². The summed E-state index contributed by atoms with van der Waals surface area (Å²) in [5.41, 5.74) is 0. The molecule has 0 fully saturated rings. The highest BCUT2D eigenvalue weighted by molar-refractivity contribution is 5.34. The molecule has 0 N–H and O–H groups in total. The summed E-state index contributed by atoms with van der Waals surface area (Å²) in [5, 5.41) is 0. The molecule has 0 aliphatic heterocycles. The Hall–Kier alpha value is -1.39. The second-order valence-corrected chi connectivity index (χ2v) is 2.17. The van der Waals surface area contributed by atoms with Crippen LogP contribution in [-0.4, -0.2) is 13.7 Å². The van der Waals surface area contributed by atoms with Gasteiger partial charge in [-0.1, -0.05) is 0 Å². The third kappa shape index (κ3) is 2.54. The minimum absolute atomic E-state index is 0.261. The molecule has 2 nitrogen and oxygen atoms in total. The Morgan fingerprint density at radius 1 is 1.31 bits per heavy atom. The van der Waals surface area contributed by atoms with Crippen LogP contribution in [0.4, 0.5) is 13.2 Å². The molecule has 0 aromatic heterocycles. The molecule has 1 rings (SSSR count). The van der Waals surface area contributed by atoms with E-state index in [0.717, 1.165) is 12.1 Å². The number of hydrogen-bond donors (Lipinski definition) is 0. The highest BCUT2D eigenvalue weighted by Gasteiger charge is 2.10. The van der Waals surface area contributed by atoms with Gasteiger partial charge in [0.15, 0.2) is 11.6 Å². The molecule has 0 atom stereocenters. The summed E-state index contributed by atoms with van der Waals surface area (Å²) >= 11 is 0. The zero-order valence-corrected chi connectivity index (χ0v) is 6.76. The van der Waals surface area contributed by atoms with E-state index in [-0.39, 0.29) is 5.75 Å². The van der Waals surface area contributed by atoms with E-state index >= 15 is 0 Å². The standard InChI is InChI=1S/C8H7F3O2/c1-12-5-2-3-6(9)7(4-5)13-8(10)11/h2-4,8H,1H3. The van der Waals surface area contributed by atoms with E-state index in [4.69, 9.17) is 4.74 Å². The Balaban J connectivity index is 2.90. The molecule has 0 saturated carbocycles. The summed E-state index contributed by atoms with van der Waals surface area (Å²) in [6.07, 6.45) is 0. The molecule has 72 valence electrons. The number of halogens is 3. The maximum atomic E-state index is 12.8. The fourth-order valence-electron chi connectivity index (χ4n) is 0.797. The van der Waals surface area contributed by atoms with Crippen LogP contribution in [0.5, 0.6) is 11.5 Å². The topological polar surface area (TPSA) is 18.5 Å². The monoisotopic (exact) mass is 192 g/mol. The number of rotatable bonds is 3. The minimum Gasteiger partial charge on any atom is -0.497 e. The van der Waals surface area contributed by atoms with Gasteiger partial charge < -0.3 is 9.47 Å². The first-order valence-corrected chi connectivity index (χ1v) is 3.42. The molecule has 0 radical (unpaired) electrons. The van der Waals surface area contributed by atoms with Crippen LogP contribution in [0.25, 0.3) is 0 Å². The fraction of sp³-hybridized carbons (Fsp3) is 0.250. The van der Waals surface area contributed by atoms with Gasteiger partial charge >= 0.3 is 6.61 Å². The zero-order valence-electron chi connectivity index (χ0n) is 6.76. The SMILES string of the molecule is COc1ccc(F)c(OC(F)F)c1. The summed E-state index contributed by atoms with van der Waals surface area (Å²) in [6, 6.07) is 3.37. The van der Waals surface area contributed by atoms with Gasteiger partial charge in [0.1, 0.15) is 5.75 Å². The molecule has 0 aliphatic carbocycles. The maximum Gasteiger partial charge on any atom is 0.387 e. The third-order valence-corrected chi connectivity index (χ3v) is 1.35. The van der Waals surface area contributed by atoms with Crippen molar-refractivity contribution in [3.05, 3.63) is 24.0 Å².